The fourth-order valence-corrected chi connectivity index (χ4v) is 1.23. The summed E-state index contributed by atoms with van der Waals surface area (Å²) < 4.78 is 0. The maximum atomic E-state index is 9.80. The second-order valence-electron chi connectivity index (χ2n) is 2.81. The van der Waals surface area contributed by atoms with Crippen molar-refractivity contribution >= 4 is 0 Å². The summed E-state index contributed by atoms with van der Waals surface area (Å²) in [5.41, 5.74) is 1.50. The summed E-state index contributed by atoms with van der Waals surface area (Å²) in [6.07, 6.45) is 2.62. The number of aliphatic hydroxyl groups is 1. The van der Waals surface area contributed by atoms with Crippen molar-refractivity contribution < 1.29 is 5.11 Å². The van der Waals surface area contributed by atoms with Crippen molar-refractivity contribution in [1.82, 2.24) is 9.97 Å². The van der Waals surface area contributed by atoms with Crippen molar-refractivity contribution in [2.75, 3.05) is 0 Å². The van der Waals surface area contributed by atoms with Crippen LogP contribution in [-0.2, 0) is 0 Å². The van der Waals surface area contributed by atoms with Crippen LogP contribution in [0.25, 0.3) is 0 Å². The molecule has 3 nitrogen and oxygen atoms in total. The first-order valence-electron chi connectivity index (χ1n) is 4.09. The lowest BCUT2D eigenvalue weighted by molar-refractivity contribution is 0.216. The van der Waals surface area contributed by atoms with Crippen LogP contribution >= 0.6 is 0 Å². The molecule has 1 heterocycles. The predicted molar refractivity (Wildman–Crippen MR) is 49.1 cm³/mol. The van der Waals surface area contributed by atoms with Gasteiger partial charge in [0.15, 0.2) is 0 Å². The Bertz CT molecular complexity index is 356. The standard InChI is InChI=1S/C10H10N2O/c13-10(9-6-11-7-12-9)8-4-2-1-3-5-8/h1-7,10,13H,(H,11,12). The highest BCUT2D eigenvalue weighted by atomic mass is 16.3. The minimum absolute atomic E-state index is 0.632. The second-order valence-corrected chi connectivity index (χ2v) is 2.81. The first kappa shape index (κ1) is 8.01. The summed E-state index contributed by atoms with van der Waals surface area (Å²) in [5, 5.41) is 9.80. The Kier molecular flexibility index (Phi) is 2.10. The molecule has 13 heavy (non-hydrogen) atoms. The van der Waals surface area contributed by atoms with Gasteiger partial charge in [0.25, 0.3) is 0 Å². The summed E-state index contributed by atoms with van der Waals surface area (Å²) in [4.78, 5) is 6.80. The fraction of sp³-hybridized carbons (Fsp3) is 0.100. The number of aromatic amines is 1. The summed E-state index contributed by atoms with van der Waals surface area (Å²) in [7, 11) is 0. The van der Waals surface area contributed by atoms with Crippen molar-refractivity contribution in [1.29, 1.82) is 0 Å². The van der Waals surface area contributed by atoms with Crippen LogP contribution in [0.3, 0.4) is 0 Å². The van der Waals surface area contributed by atoms with Gasteiger partial charge in [0.2, 0.25) is 0 Å². The number of nitrogens with zero attached hydrogens (tertiary/aromatic N) is 1. The van der Waals surface area contributed by atoms with E-state index in [1.807, 2.05) is 30.3 Å². The molecule has 0 radical (unpaired) electrons. The van der Waals surface area contributed by atoms with Gasteiger partial charge >= 0.3 is 0 Å². The monoisotopic (exact) mass is 174 g/mol. The number of nitrogens with one attached hydrogen (secondary N) is 1. The number of hydrogen-bond donors (Lipinski definition) is 2. The van der Waals surface area contributed by atoms with Crippen LogP contribution in [0.4, 0.5) is 0 Å². The van der Waals surface area contributed by atoms with Gasteiger partial charge in [-0.3, -0.25) is 0 Å². The highest BCUT2D eigenvalue weighted by Gasteiger charge is 2.10. The number of aliphatic hydroxyl groups excluding tert-OH is 1. The molecule has 3 heteroatoms. The van der Waals surface area contributed by atoms with E-state index in [-0.39, 0.29) is 0 Å². The fourth-order valence-electron chi connectivity index (χ4n) is 1.23. The highest BCUT2D eigenvalue weighted by Crippen LogP contribution is 2.18. The summed E-state index contributed by atoms with van der Waals surface area (Å²) in [6, 6.07) is 9.45. The molecule has 1 aromatic carbocycles. The zero-order valence-electron chi connectivity index (χ0n) is 7.01. The van der Waals surface area contributed by atoms with Gasteiger partial charge in [0.1, 0.15) is 6.10 Å². The number of hydrogen-bond acceptors (Lipinski definition) is 2. The number of H-pyrrole nitrogens is 1. The van der Waals surface area contributed by atoms with Crippen LogP contribution in [-0.4, -0.2) is 15.1 Å². The molecule has 2 N–H and O–H groups in total. The average molecular weight is 174 g/mol. The SMILES string of the molecule is OC(c1ccccc1)c1c[nH]cn1. The molecule has 1 unspecified atom stereocenters. The lowest BCUT2D eigenvalue weighted by atomic mass is 10.1. The molecule has 0 saturated carbocycles. The van der Waals surface area contributed by atoms with E-state index in [1.165, 1.54) is 0 Å². The van der Waals surface area contributed by atoms with Crippen molar-refractivity contribution in [2.45, 2.75) is 6.10 Å². The van der Waals surface area contributed by atoms with E-state index in [1.54, 1.807) is 12.5 Å². The molecule has 66 valence electrons. The number of aromatic nitrogens is 2. The number of rotatable bonds is 2. The molecule has 0 aliphatic rings. The van der Waals surface area contributed by atoms with E-state index < -0.39 is 6.10 Å². The normalized spacial score (nSPS) is 12.7. The van der Waals surface area contributed by atoms with Gasteiger partial charge < -0.3 is 10.1 Å². The number of imidazole rings is 1. The van der Waals surface area contributed by atoms with Crippen LogP contribution in [0.1, 0.15) is 17.4 Å². The molecule has 0 bridgehead atoms. The Morgan fingerprint density at radius 2 is 2.00 bits per heavy atom. The molecule has 0 spiro atoms. The zero-order chi connectivity index (χ0) is 9.10. The Morgan fingerprint density at radius 1 is 1.23 bits per heavy atom. The minimum atomic E-state index is -0.632. The van der Waals surface area contributed by atoms with Crippen LogP contribution < -0.4 is 0 Å². The van der Waals surface area contributed by atoms with Crippen LogP contribution in [0, 0.1) is 0 Å². The van der Waals surface area contributed by atoms with Gasteiger partial charge in [-0.15, -0.1) is 0 Å². The van der Waals surface area contributed by atoms with Gasteiger partial charge in [-0.05, 0) is 5.56 Å². The summed E-state index contributed by atoms with van der Waals surface area (Å²) >= 11 is 0. The molecule has 0 amide bonds. The van der Waals surface area contributed by atoms with Gasteiger partial charge in [0, 0.05) is 6.20 Å². The highest BCUT2D eigenvalue weighted by molar-refractivity contribution is 5.23. The van der Waals surface area contributed by atoms with Crippen molar-refractivity contribution in [2.24, 2.45) is 0 Å². The van der Waals surface area contributed by atoms with E-state index in [0.29, 0.717) is 5.69 Å². The largest absolute Gasteiger partial charge is 0.382 e. The van der Waals surface area contributed by atoms with E-state index in [4.69, 9.17) is 0 Å². The third-order valence-electron chi connectivity index (χ3n) is 1.91. The Balaban J connectivity index is 2.29. The van der Waals surface area contributed by atoms with Crippen molar-refractivity contribution in [3.05, 3.63) is 54.1 Å². The summed E-state index contributed by atoms with van der Waals surface area (Å²) in [6.45, 7) is 0. The summed E-state index contributed by atoms with van der Waals surface area (Å²) in [5.74, 6) is 0. The predicted octanol–water partition coefficient (Wildman–Crippen LogP) is 1.49. The topological polar surface area (TPSA) is 48.9 Å². The van der Waals surface area contributed by atoms with Crippen LogP contribution in [0.5, 0.6) is 0 Å². The molecular formula is C10H10N2O. The van der Waals surface area contributed by atoms with E-state index in [0.717, 1.165) is 5.56 Å². The van der Waals surface area contributed by atoms with E-state index in [2.05, 4.69) is 9.97 Å². The first-order valence-corrected chi connectivity index (χ1v) is 4.09. The maximum absolute atomic E-state index is 9.80. The molecule has 2 aromatic rings. The van der Waals surface area contributed by atoms with Crippen LogP contribution in [0.2, 0.25) is 0 Å². The molecule has 1 aromatic heterocycles. The number of benzene rings is 1. The molecule has 0 aliphatic heterocycles. The Morgan fingerprint density at radius 3 is 2.62 bits per heavy atom. The lowest BCUT2D eigenvalue weighted by Gasteiger charge is -2.06. The van der Waals surface area contributed by atoms with Gasteiger partial charge in [-0.1, -0.05) is 30.3 Å². The second kappa shape index (κ2) is 3.41. The third kappa shape index (κ3) is 1.60. The van der Waals surface area contributed by atoms with Gasteiger partial charge in [0.05, 0.1) is 12.0 Å². The van der Waals surface area contributed by atoms with Crippen molar-refractivity contribution in [3.8, 4) is 0 Å². The zero-order valence-corrected chi connectivity index (χ0v) is 7.01. The van der Waals surface area contributed by atoms with Gasteiger partial charge in [-0.2, -0.15) is 0 Å². The minimum Gasteiger partial charge on any atom is -0.382 e. The van der Waals surface area contributed by atoms with Gasteiger partial charge in [-0.25, -0.2) is 4.98 Å². The third-order valence-corrected chi connectivity index (χ3v) is 1.91. The Labute approximate surface area is 76.1 Å². The molecule has 0 aliphatic carbocycles. The van der Waals surface area contributed by atoms with E-state index >= 15 is 0 Å². The molecule has 2 rings (SSSR count). The molecular weight excluding hydrogens is 164 g/mol. The maximum Gasteiger partial charge on any atom is 0.122 e. The average Bonchev–Trinajstić information content (AvgIpc) is 2.71. The lowest BCUT2D eigenvalue weighted by Crippen LogP contribution is -1.98. The van der Waals surface area contributed by atoms with Crippen LogP contribution in [0.15, 0.2) is 42.9 Å². The smallest absolute Gasteiger partial charge is 0.122 e. The molecule has 0 fully saturated rings. The molecule has 1 atom stereocenters. The van der Waals surface area contributed by atoms with E-state index in [9.17, 15) is 5.11 Å². The molecule has 0 saturated heterocycles. The first-order chi connectivity index (χ1) is 6.38. The quantitative estimate of drug-likeness (QED) is 0.724. The Hall–Kier alpha value is -1.61. The van der Waals surface area contributed by atoms with Crippen molar-refractivity contribution in [3.63, 3.8) is 0 Å².